The van der Waals surface area contributed by atoms with Gasteiger partial charge in [0.1, 0.15) is 5.82 Å². The third-order valence-corrected chi connectivity index (χ3v) is 4.08. The summed E-state index contributed by atoms with van der Waals surface area (Å²) in [6.45, 7) is 4.38. The van der Waals surface area contributed by atoms with Crippen LogP contribution in [0.2, 0.25) is 0 Å². The number of aryl methyl sites for hydroxylation is 1. The Bertz CT molecular complexity index is 529. The molecule has 0 bridgehead atoms. The quantitative estimate of drug-likeness (QED) is 0.768. The SMILES string of the molecule is c1ccc(N2CCCC2)c(CNCCCc2ncc[nH]2)c1. The number of benzene rings is 1. The van der Waals surface area contributed by atoms with Crippen molar-refractivity contribution < 1.29 is 0 Å². The van der Waals surface area contributed by atoms with E-state index in [9.17, 15) is 0 Å². The van der Waals surface area contributed by atoms with Crippen LogP contribution in [0.1, 0.15) is 30.7 Å². The van der Waals surface area contributed by atoms with Crippen LogP contribution in [0.5, 0.6) is 0 Å². The fourth-order valence-electron chi connectivity index (χ4n) is 2.97. The van der Waals surface area contributed by atoms with Crippen molar-refractivity contribution in [2.24, 2.45) is 0 Å². The topological polar surface area (TPSA) is 44.0 Å². The molecule has 4 heteroatoms. The third kappa shape index (κ3) is 3.85. The molecule has 0 unspecified atom stereocenters. The summed E-state index contributed by atoms with van der Waals surface area (Å²) in [5.74, 6) is 1.08. The number of H-pyrrole nitrogens is 1. The molecule has 0 amide bonds. The minimum Gasteiger partial charge on any atom is -0.371 e. The van der Waals surface area contributed by atoms with E-state index >= 15 is 0 Å². The molecule has 0 aliphatic carbocycles. The standard InChI is InChI=1S/C17H24N4/c1-2-7-16(21-12-3-4-13-21)15(6-1)14-18-9-5-8-17-19-10-11-20-17/h1-2,6-7,10-11,18H,3-5,8-9,12-14H2,(H,19,20). The number of nitrogens with zero attached hydrogens (tertiary/aromatic N) is 2. The second kappa shape index (κ2) is 7.27. The summed E-state index contributed by atoms with van der Waals surface area (Å²) in [5, 5.41) is 3.56. The van der Waals surface area contributed by atoms with Crippen LogP contribution < -0.4 is 10.2 Å². The van der Waals surface area contributed by atoms with E-state index in [1.54, 1.807) is 0 Å². The van der Waals surface area contributed by atoms with Gasteiger partial charge in [0, 0.05) is 44.1 Å². The maximum atomic E-state index is 4.25. The van der Waals surface area contributed by atoms with Gasteiger partial charge in [-0.3, -0.25) is 0 Å². The highest BCUT2D eigenvalue weighted by Gasteiger charge is 2.14. The summed E-state index contributed by atoms with van der Waals surface area (Å²) in [7, 11) is 0. The molecule has 0 radical (unpaired) electrons. The van der Waals surface area contributed by atoms with Crippen molar-refractivity contribution in [1.82, 2.24) is 15.3 Å². The minimum absolute atomic E-state index is 0.949. The van der Waals surface area contributed by atoms with E-state index in [1.807, 2.05) is 12.4 Å². The van der Waals surface area contributed by atoms with Crippen molar-refractivity contribution in [3.05, 3.63) is 48.0 Å². The first-order valence-corrected chi connectivity index (χ1v) is 7.95. The lowest BCUT2D eigenvalue weighted by Gasteiger charge is -2.21. The van der Waals surface area contributed by atoms with Gasteiger partial charge in [-0.05, 0) is 37.4 Å². The van der Waals surface area contributed by atoms with Gasteiger partial charge in [0.25, 0.3) is 0 Å². The zero-order chi connectivity index (χ0) is 14.3. The molecule has 2 aromatic rings. The Hall–Kier alpha value is -1.81. The highest BCUT2D eigenvalue weighted by atomic mass is 15.1. The molecule has 1 saturated heterocycles. The summed E-state index contributed by atoms with van der Waals surface area (Å²) >= 11 is 0. The van der Waals surface area contributed by atoms with E-state index in [0.717, 1.165) is 31.8 Å². The Kier molecular flexibility index (Phi) is 4.90. The maximum Gasteiger partial charge on any atom is 0.106 e. The Balaban J connectivity index is 1.46. The van der Waals surface area contributed by atoms with Gasteiger partial charge >= 0.3 is 0 Å². The van der Waals surface area contributed by atoms with E-state index in [4.69, 9.17) is 0 Å². The zero-order valence-corrected chi connectivity index (χ0v) is 12.5. The van der Waals surface area contributed by atoms with Crippen LogP contribution in [0, 0.1) is 0 Å². The van der Waals surface area contributed by atoms with E-state index < -0.39 is 0 Å². The molecule has 4 nitrogen and oxygen atoms in total. The lowest BCUT2D eigenvalue weighted by molar-refractivity contribution is 0.640. The lowest BCUT2D eigenvalue weighted by Crippen LogP contribution is -2.22. The summed E-state index contributed by atoms with van der Waals surface area (Å²) < 4.78 is 0. The highest BCUT2D eigenvalue weighted by Crippen LogP contribution is 2.24. The first-order valence-electron chi connectivity index (χ1n) is 7.95. The molecular formula is C17H24N4. The normalized spacial score (nSPS) is 14.8. The van der Waals surface area contributed by atoms with Gasteiger partial charge in [-0.15, -0.1) is 0 Å². The third-order valence-electron chi connectivity index (χ3n) is 4.08. The predicted molar refractivity (Wildman–Crippen MR) is 86.5 cm³/mol. The molecule has 1 aromatic heterocycles. The Morgan fingerprint density at radius 3 is 2.86 bits per heavy atom. The van der Waals surface area contributed by atoms with E-state index in [1.165, 1.54) is 37.2 Å². The molecular weight excluding hydrogens is 260 g/mol. The number of aromatic amines is 1. The summed E-state index contributed by atoms with van der Waals surface area (Å²) in [6, 6.07) is 8.78. The number of nitrogens with one attached hydrogen (secondary N) is 2. The van der Waals surface area contributed by atoms with Crippen molar-refractivity contribution in [3.8, 4) is 0 Å². The smallest absolute Gasteiger partial charge is 0.106 e. The van der Waals surface area contributed by atoms with Crippen LogP contribution in [0.25, 0.3) is 0 Å². The van der Waals surface area contributed by atoms with E-state index in [-0.39, 0.29) is 0 Å². The minimum atomic E-state index is 0.949. The van der Waals surface area contributed by atoms with Gasteiger partial charge in [0.05, 0.1) is 0 Å². The molecule has 2 N–H and O–H groups in total. The molecule has 0 saturated carbocycles. The predicted octanol–water partition coefficient (Wildman–Crippen LogP) is 2.73. The zero-order valence-electron chi connectivity index (χ0n) is 12.5. The molecule has 1 aromatic carbocycles. The first kappa shape index (κ1) is 14.1. The lowest BCUT2D eigenvalue weighted by atomic mass is 10.1. The van der Waals surface area contributed by atoms with Gasteiger partial charge in [-0.25, -0.2) is 4.98 Å². The highest BCUT2D eigenvalue weighted by molar-refractivity contribution is 5.54. The fourth-order valence-corrected chi connectivity index (χ4v) is 2.97. The number of hydrogen-bond acceptors (Lipinski definition) is 3. The average Bonchev–Trinajstić information content (AvgIpc) is 3.21. The van der Waals surface area contributed by atoms with Crippen LogP contribution in [-0.4, -0.2) is 29.6 Å². The molecule has 0 spiro atoms. The van der Waals surface area contributed by atoms with Crippen LogP contribution in [0.15, 0.2) is 36.7 Å². The Labute approximate surface area is 126 Å². The number of aromatic nitrogens is 2. The average molecular weight is 284 g/mol. The number of hydrogen-bond donors (Lipinski definition) is 2. The molecule has 1 aliphatic heterocycles. The number of anilines is 1. The Morgan fingerprint density at radius 1 is 1.19 bits per heavy atom. The van der Waals surface area contributed by atoms with Crippen molar-refractivity contribution in [2.75, 3.05) is 24.5 Å². The van der Waals surface area contributed by atoms with Gasteiger partial charge in [-0.1, -0.05) is 18.2 Å². The summed E-state index contributed by atoms with van der Waals surface area (Å²) in [4.78, 5) is 9.91. The van der Waals surface area contributed by atoms with Gasteiger partial charge in [-0.2, -0.15) is 0 Å². The van der Waals surface area contributed by atoms with Gasteiger partial charge in [0.15, 0.2) is 0 Å². The number of rotatable bonds is 7. The molecule has 21 heavy (non-hydrogen) atoms. The van der Waals surface area contributed by atoms with Crippen molar-refractivity contribution in [1.29, 1.82) is 0 Å². The summed E-state index contributed by atoms with van der Waals surface area (Å²) in [6.07, 6.45) is 8.47. The number of para-hydroxylation sites is 1. The Morgan fingerprint density at radius 2 is 2.05 bits per heavy atom. The number of imidazole rings is 1. The molecule has 1 fully saturated rings. The largest absolute Gasteiger partial charge is 0.371 e. The second-order valence-corrected chi connectivity index (χ2v) is 5.64. The molecule has 1 aliphatic rings. The van der Waals surface area contributed by atoms with Crippen LogP contribution in [0.3, 0.4) is 0 Å². The summed E-state index contributed by atoms with van der Waals surface area (Å²) in [5.41, 5.74) is 2.82. The first-order chi connectivity index (χ1) is 10.4. The van der Waals surface area contributed by atoms with Crippen LogP contribution >= 0.6 is 0 Å². The van der Waals surface area contributed by atoms with Crippen LogP contribution in [0.4, 0.5) is 5.69 Å². The molecule has 3 rings (SSSR count). The van der Waals surface area contributed by atoms with Gasteiger partial charge < -0.3 is 15.2 Å². The van der Waals surface area contributed by atoms with E-state index in [0.29, 0.717) is 0 Å². The van der Waals surface area contributed by atoms with E-state index in [2.05, 4.69) is 44.5 Å². The fraction of sp³-hybridized carbons (Fsp3) is 0.471. The van der Waals surface area contributed by atoms with Crippen molar-refractivity contribution >= 4 is 5.69 Å². The molecule has 2 heterocycles. The molecule has 112 valence electrons. The monoisotopic (exact) mass is 284 g/mol. The van der Waals surface area contributed by atoms with Gasteiger partial charge in [0.2, 0.25) is 0 Å². The van der Waals surface area contributed by atoms with Crippen molar-refractivity contribution in [3.63, 3.8) is 0 Å². The van der Waals surface area contributed by atoms with Crippen molar-refractivity contribution in [2.45, 2.75) is 32.2 Å². The second-order valence-electron chi connectivity index (χ2n) is 5.64. The molecule has 0 atom stereocenters. The van der Waals surface area contributed by atoms with Crippen LogP contribution in [-0.2, 0) is 13.0 Å². The maximum absolute atomic E-state index is 4.25.